The van der Waals surface area contributed by atoms with Gasteiger partial charge >= 0.3 is 0 Å². The number of rotatable bonds is 7. The van der Waals surface area contributed by atoms with Gasteiger partial charge in [-0.15, -0.1) is 11.3 Å². The van der Waals surface area contributed by atoms with Crippen molar-refractivity contribution in [3.8, 4) is 0 Å². The third kappa shape index (κ3) is 4.54. The van der Waals surface area contributed by atoms with Gasteiger partial charge in [0.25, 0.3) is 0 Å². The predicted octanol–water partition coefficient (Wildman–Crippen LogP) is 2.16. The number of amides is 1. The van der Waals surface area contributed by atoms with Crippen LogP contribution in [0, 0.1) is 6.92 Å². The lowest BCUT2D eigenvalue weighted by atomic mass is 10.3. The van der Waals surface area contributed by atoms with Crippen LogP contribution >= 0.6 is 27.3 Å². The van der Waals surface area contributed by atoms with E-state index in [1.165, 1.54) is 11.3 Å². The molecular formula is C12H17BrN2O3S2. The van der Waals surface area contributed by atoms with Crippen molar-refractivity contribution in [2.24, 2.45) is 0 Å². The van der Waals surface area contributed by atoms with E-state index >= 15 is 0 Å². The summed E-state index contributed by atoms with van der Waals surface area (Å²) in [5, 5.41) is 2.87. The highest BCUT2D eigenvalue weighted by Gasteiger charge is 2.23. The molecule has 0 atom stereocenters. The van der Waals surface area contributed by atoms with Gasteiger partial charge in [-0.1, -0.05) is 0 Å². The average molecular weight is 381 g/mol. The molecule has 1 amide bonds. The van der Waals surface area contributed by atoms with Crippen LogP contribution in [0.2, 0.25) is 0 Å². The fourth-order valence-electron chi connectivity index (χ4n) is 1.62. The summed E-state index contributed by atoms with van der Waals surface area (Å²) in [6.45, 7) is 2.12. The molecule has 5 nitrogen and oxygen atoms in total. The maximum absolute atomic E-state index is 12.0. The van der Waals surface area contributed by atoms with Gasteiger partial charge in [0, 0.05) is 19.0 Å². The number of carbonyl (C=O) groups excluding carboxylic acids is 1. The van der Waals surface area contributed by atoms with E-state index in [1.54, 1.807) is 6.07 Å². The van der Waals surface area contributed by atoms with Crippen LogP contribution in [0.4, 0.5) is 0 Å². The van der Waals surface area contributed by atoms with Gasteiger partial charge in [0.05, 0.1) is 3.79 Å². The molecule has 1 aromatic heterocycles. The Morgan fingerprint density at radius 2 is 2.20 bits per heavy atom. The second kappa shape index (κ2) is 6.55. The highest BCUT2D eigenvalue weighted by atomic mass is 79.9. The smallest absolute Gasteiger partial charge is 0.250 e. The van der Waals surface area contributed by atoms with Crippen LogP contribution in [0.5, 0.6) is 0 Å². The Hall–Kier alpha value is -0.440. The topological polar surface area (TPSA) is 75.3 Å². The Bertz CT molecular complexity index is 574. The number of sulfonamides is 1. The number of thiophene rings is 1. The molecule has 8 heteroatoms. The molecule has 0 saturated heterocycles. The third-order valence-corrected chi connectivity index (χ3v) is 6.99. The van der Waals surface area contributed by atoms with Gasteiger partial charge in [0.15, 0.2) is 0 Å². The molecule has 2 rings (SSSR count). The molecule has 1 aliphatic rings. The molecule has 0 spiro atoms. The van der Waals surface area contributed by atoms with Crippen LogP contribution in [-0.2, 0) is 14.8 Å². The lowest BCUT2D eigenvalue weighted by Crippen LogP contribution is -2.28. The van der Waals surface area contributed by atoms with Gasteiger partial charge in [-0.05, 0) is 53.7 Å². The molecule has 0 aromatic carbocycles. The number of aryl methyl sites for hydroxylation is 1. The fraction of sp³-hybridized carbons (Fsp3) is 0.583. The minimum absolute atomic E-state index is 0.00131. The molecule has 1 aromatic rings. The quantitative estimate of drug-likeness (QED) is 0.711. The molecule has 112 valence electrons. The minimum atomic E-state index is -3.46. The number of hydrogen-bond donors (Lipinski definition) is 2. The zero-order chi connectivity index (χ0) is 14.8. The van der Waals surface area contributed by atoms with E-state index in [2.05, 4.69) is 26.0 Å². The van der Waals surface area contributed by atoms with Crippen molar-refractivity contribution in [2.45, 2.75) is 42.9 Å². The Morgan fingerprint density at radius 3 is 2.75 bits per heavy atom. The summed E-state index contributed by atoms with van der Waals surface area (Å²) in [7, 11) is -3.46. The van der Waals surface area contributed by atoms with E-state index in [0.717, 1.165) is 22.2 Å². The van der Waals surface area contributed by atoms with Crippen LogP contribution in [0.15, 0.2) is 14.1 Å². The molecule has 1 fully saturated rings. The highest BCUT2D eigenvalue weighted by molar-refractivity contribution is 9.11. The molecule has 0 aliphatic heterocycles. The zero-order valence-electron chi connectivity index (χ0n) is 11.1. The molecule has 0 radical (unpaired) electrons. The van der Waals surface area contributed by atoms with Crippen molar-refractivity contribution in [3.05, 3.63) is 15.4 Å². The normalized spacial score (nSPS) is 15.3. The number of carbonyl (C=O) groups is 1. The largest absolute Gasteiger partial charge is 0.353 e. The average Bonchev–Trinajstić information content (AvgIpc) is 3.11. The van der Waals surface area contributed by atoms with Crippen molar-refractivity contribution in [2.75, 3.05) is 6.54 Å². The van der Waals surface area contributed by atoms with Crippen molar-refractivity contribution < 1.29 is 13.2 Å². The van der Waals surface area contributed by atoms with E-state index < -0.39 is 10.0 Å². The molecule has 0 bridgehead atoms. The summed E-state index contributed by atoms with van der Waals surface area (Å²) in [5.41, 5.74) is 0.902. The summed E-state index contributed by atoms with van der Waals surface area (Å²) in [6, 6.07) is 1.99. The van der Waals surface area contributed by atoms with E-state index in [4.69, 9.17) is 0 Å². The van der Waals surface area contributed by atoms with Gasteiger partial charge in [-0.3, -0.25) is 4.79 Å². The monoisotopic (exact) mass is 380 g/mol. The summed E-state index contributed by atoms with van der Waals surface area (Å²) in [5.74, 6) is 0.00131. The van der Waals surface area contributed by atoms with E-state index in [9.17, 15) is 13.2 Å². The Labute approximate surface area is 131 Å². The van der Waals surface area contributed by atoms with Crippen LogP contribution in [0.1, 0.15) is 31.2 Å². The molecule has 1 saturated carbocycles. The summed E-state index contributed by atoms with van der Waals surface area (Å²) < 4.78 is 27.7. The Morgan fingerprint density at radius 1 is 1.50 bits per heavy atom. The molecule has 0 unspecified atom stereocenters. The highest BCUT2D eigenvalue weighted by Crippen LogP contribution is 2.30. The summed E-state index contributed by atoms with van der Waals surface area (Å²) in [4.78, 5) is 11.4. The molecular weight excluding hydrogens is 364 g/mol. The van der Waals surface area contributed by atoms with Gasteiger partial charge in [-0.25, -0.2) is 13.1 Å². The maximum atomic E-state index is 12.0. The molecule has 1 aliphatic carbocycles. The summed E-state index contributed by atoms with van der Waals surface area (Å²) in [6.07, 6.45) is 2.98. The van der Waals surface area contributed by atoms with E-state index in [0.29, 0.717) is 23.1 Å². The summed E-state index contributed by atoms with van der Waals surface area (Å²) >= 11 is 4.50. The van der Waals surface area contributed by atoms with Gasteiger partial charge in [0.2, 0.25) is 15.9 Å². The Balaban J connectivity index is 1.76. The van der Waals surface area contributed by atoms with Gasteiger partial charge < -0.3 is 5.32 Å². The predicted molar refractivity (Wildman–Crippen MR) is 82.3 cm³/mol. The van der Waals surface area contributed by atoms with Gasteiger partial charge in [-0.2, -0.15) is 0 Å². The lowest BCUT2D eigenvalue weighted by Gasteiger charge is -2.05. The lowest BCUT2D eigenvalue weighted by molar-refractivity contribution is -0.121. The Kier molecular flexibility index (Phi) is 5.22. The molecule has 2 N–H and O–H groups in total. The van der Waals surface area contributed by atoms with Crippen molar-refractivity contribution in [3.63, 3.8) is 0 Å². The first-order valence-corrected chi connectivity index (χ1v) is 9.53. The van der Waals surface area contributed by atoms with Crippen molar-refractivity contribution >= 4 is 43.2 Å². The van der Waals surface area contributed by atoms with Crippen molar-refractivity contribution in [1.82, 2.24) is 10.0 Å². The van der Waals surface area contributed by atoms with Gasteiger partial charge in [0.1, 0.15) is 4.21 Å². The molecule has 1 heterocycles. The zero-order valence-corrected chi connectivity index (χ0v) is 14.3. The SMILES string of the molecule is Cc1cc(S(=O)(=O)NCCCC(=O)NC2CC2)sc1Br. The maximum Gasteiger partial charge on any atom is 0.250 e. The van der Waals surface area contributed by atoms with E-state index in [1.807, 2.05) is 6.92 Å². The number of halogens is 1. The fourth-order valence-corrected chi connectivity index (χ4v) is 4.96. The first kappa shape index (κ1) is 15.9. The van der Waals surface area contributed by atoms with E-state index in [-0.39, 0.29) is 12.5 Å². The molecule has 20 heavy (non-hydrogen) atoms. The number of nitrogens with one attached hydrogen (secondary N) is 2. The second-order valence-electron chi connectivity index (χ2n) is 4.87. The first-order chi connectivity index (χ1) is 9.38. The minimum Gasteiger partial charge on any atom is -0.353 e. The second-order valence-corrected chi connectivity index (χ2v) is 9.23. The third-order valence-electron chi connectivity index (χ3n) is 2.91. The standard InChI is InChI=1S/C12H17BrN2O3S2/c1-8-7-11(19-12(8)13)20(17,18)14-6-2-3-10(16)15-9-4-5-9/h7,9,14H,2-6H2,1H3,(H,15,16). The van der Waals surface area contributed by atoms with Crippen LogP contribution < -0.4 is 10.0 Å². The van der Waals surface area contributed by atoms with Crippen molar-refractivity contribution in [1.29, 1.82) is 0 Å². The first-order valence-electron chi connectivity index (χ1n) is 6.43. The number of hydrogen-bond acceptors (Lipinski definition) is 4. The van der Waals surface area contributed by atoms with Crippen LogP contribution in [0.25, 0.3) is 0 Å². The van der Waals surface area contributed by atoms with Crippen LogP contribution in [-0.4, -0.2) is 26.9 Å². The van der Waals surface area contributed by atoms with Crippen LogP contribution in [0.3, 0.4) is 0 Å².